The van der Waals surface area contributed by atoms with E-state index >= 15 is 0 Å². The summed E-state index contributed by atoms with van der Waals surface area (Å²) in [4.78, 5) is 14.7. The Hall–Kier alpha value is -0.870. The number of likely N-dealkylation sites (N-methyl/N-ethyl adjacent to an activating group) is 1. The average molecular weight is 241 g/mol. The molecule has 16 heavy (non-hydrogen) atoms. The highest BCUT2D eigenvalue weighted by atomic mass is 32.1. The van der Waals surface area contributed by atoms with Gasteiger partial charge in [-0.1, -0.05) is 6.07 Å². The molecule has 1 unspecified atom stereocenters. The second-order valence-corrected chi connectivity index (χ2v) is 5.06. The Balaban J connectivity index is 2.23. The van der Waals surface area contributed by atoms with Crippen LogP contribution in [0.25, 0.3) is 0 Å². The molecule has 0 aromatic carbocycles. The third kappa shape index (κ3) is 4.77. The lowest BCUT2D eigenvalue weighted by atomic mass is 10.2. The summed E-state index contributed by atoms with van der Waals surface area (Å²) in [5, 5.41) is 11.1. The molecule has 1 rings (SSSR count). The maximum absolute atomic E-state index is 11.6. The number of carbonyl (C=O) groups excluding carboxylic acids is 1. The summed E-state index contributed by atoms with van der Waals surface area (Å²) in [6, 6.07) is 4.11. The second kappa shape index (κ2) is 6.66. The van der Waals surface area contributed by atoms with Crippen LogP contribution in [-0.2, 0) is 11.2 Å². The number of thiophene rings is 1. The van der Waals surface area contributed by atoms with Gasteiger partial charge in [0.25, 0.3) is 0 Å². The second-order valence-electron chi connectivity index (χ2n) is 4.03. The quantitative estimate of drug-likeness (QED) is 0.826. The number of aliphatic hydroxyl groups excluding tert-OH is 1. The van der Waals surface area contributed by atoms with Crippen LogP contribution in [0.1, 0.15) is 24.6 Å². The van der Waals surface area contributed by atoms with E-state index in [1.54, 1.807) is 23.2 Å². The zero-order chi connectivity index (χ0) is 12.0. The molecule has 1 heterocycles. The Morgan fingerprint density at radius 1 is 1.62 bits per heavy atom. The van der Waals surface area contributed by atoms with E-state index in [1.807, 2.05) is 18.5 Å². The molecule has 1 aromatic heterocycles. The minimum atomic E-state index is -0.394. The maximum Gasteiger partial charge on any atom is 0.222 e. The van der Waals surface area contributed by atoms with Crippen LogP contribution in [0.4, 0.5) is 0 Å². The summed E-state index contributed by atoms with van der Waals surface area (Å²) in [7, 11) is 1.82. The fourth-order valence-corrected chi connectivity index (χ4v) is 2.08. The van der Waals surface area contributed by atoms with Crippen molar-refractivity contribution in [3.05, 3.63) is 22.4 Å². The minimum Gasteiger partial charge on any atom is -0.393 e. The largest absolute Gasteiger partial charge is 0.393 e. The van der Waals surface area contributed by atoms with E-state index in [0.29, 0.717) is 12.8 Å². The molecule has 0 radical (unpaired) electrons. The van der Waals surface area contributed by atoms with Crippen LogP contribution in [0.5, 0.6) is 0 Å². The van der Waals surface area contributed by atoms with E-state index in [2.05, 4.69) is 6.07 Å². The molecular formula is C12H19NO2S. The molecule has 1 aromatic rings. The molecule has 90 valence electrons. The Morgan fingerprint density at radius 3 is 2.94 bits per heavy atom. The summed E-state index contributed by atoms with van der Waals surface area (Å²) in [5.41, 5.74) is 0. The van der Waals surface area contributed by atoms with Gasteiger partial charge >= 0.3 is 0 Å². The fourth-order valence-electron chi connectivity index (χ4n) is 1.38. The Labute approximate surface area is 101 Å². The number of hydrogen-bond donors (Lipinski definition) is 1. The highest BCUT2D eigenvalue weighted by molar-refractivity contribution is 7.09. The van der Waals surface area contributed by atoms with Crippen molar-refractivity contribution in [1.82, 2.24) is 4.90 Å². The van der Waals surface area contributed by atoms with Gasteiger partial charge in [0.15, 0.2) is 0 Å². The van der Waals surface area contributed by atoms with Gasteiger partial charge < -0.3 is 10.0 Å². The minimum absolute atomic E-state index is 0.109. The maximum atomic E-state index is 11.6. The first kappa shape index (κ1) is 13.2. The van der Waals surface area contributed by atoms with Gasteiger partial charge in [-0.05, 0) is 31.2 Å². The van der Waals surface area contributed by atoms with E-state index < -0.39 is 6.10 Å². The van der Waals surface area contributed by atoms with Gasteiger partial charge in [0.1, 0.15) is 0 Å². The molecule has 3 nitrogen and oxygen atoms in total. The lowest BCUT2D eigenvalue weighted by molar-refractivity contribution is -0.130. The van der Waals surface area contributed by atoms with Crippen molar-refractivity contribution in [2.45, 2.75) is 32.3 Å². The van der Waals surface area contributed by atoms with Crippen LogP contribution in [0, 0.1) is 0 Å². The van der Waals surface area contributed by atoms with Crippen LogP contribution >= 0.6 is 11.3 Å². The molecular weight excluding hydrogens is 222 g/mol. The van der Waals surface area contributed by atoms with Crippen molar-refractivity contribution in [3.63, 3.8) is 0 Å². The fraction of sp³-hybridized carbons (Fsp3) is 0.583. The van der Waals surface area contributed by atoms with E-state index in [4.69, 9.17) is 5.11 Å². The van der Waals surface area contributed by atoms with E-state index in [1.165, 1.54) is 4.88 Å². The van der Waals surface area contributed by atoms with E-state index in [0.717, 1.165) is 13.0 Å². The molecule has 1 amide bonds. The number of aliphatic hydroxyl groups is 1. The van der Waals surface area contributed by atoms with Crippen LogP contribution in [-0.4, -0.2) is 35.6 Å². The molecule has 1 atom stereocenters. The summed E-state index contributed by atoms with van der Waals surface area (Å²) in [6.45, 7) is 2.46. The van der Waals surface area contributed by atoms with Crippen molar-refractivity contribution >= 4 is 17.2 Å². The topological polar surface area (TPSA) is 40.5 Å². The Bertz CT molecular complexity index is 309. The monoisotopic (exact) mass is 241 g/mol. The average Bonchev–Trinajstić information content (AvgIpc) is 2.75. The normalized spacial score (nSPS) is 12.4. The predicted molar refractivity (Wildman–Crippen MR) is 66.6 cm³/mol. The summed E-state index contributed by atoms with van der Waals surface area (Å²) >= 11 is 1.72. The zero-order valence-corrected chi connectivity index (χ0v) is 10.7. The molecule has 0 aliphatic carbocycles. The SMILES string of the molecule is CC(O)CCC(=O)N(C)CCc1cccs1. The van der Waals surface area contributed by atoms with Gasteiger partial charge in [0.05, 0.1) is 6.10 Å². The van der Waals surface area contributed by atoms with Crippen molar-refractivity contribution < 1.29 is 9.90 Å². The van der Waals surface area contributed by atoms with Crippen LogP contribution in [0.2, 0.25) is 0 Å². The summed E-state index contributed by atoms with van der Waals surface area (Å²) in [6.07, 6.45) is 1.49. The number of amides is 1. The van der Waals surface area contributed by atoms with Crippen molar-refractivity contribution in [2.24, 2.45) is 0 Å². The van der Waals surface area contributed by atoms with Crippen molar-refractivity contribution in [1.29, 1.82) is 0 Å². The highest BCUT2D eigenvalue weighted by Crippen LogP contribution is 2.10. The van der Waals surface area contributed by atoms with Gasteiger partial charge in [-0.25, -0.2) is 0 Å². The number of hydrogen-bond acceptors (Lipinski definition) is 3. The lowest BCUT2D eigenvalue weighted by Crippen LogP contribution is -2.29. The first-order chi connectivity index (χ1) is 7.59. The van der Waals surface area contributed by atoms with Gasteiger partial charge in [0, 0.05) is 24.9 Å². The van der Waals surface area contributed by atoms with Crippen LogP contribution in [0.15, 0.2) is 17.5 Å². The van der Waals surface area contributed by atoms with Crippen LogP contribution in [0.3, 0.4) is 0 Å². The standard InChI is InChI=1S/C12H19NO2S/c1-10(14)5-6-12(15)13(2)8-7-11-4-3-9-16-11/h3-4,9-10,14H,5-8H2,1-2H3. The third-order valence-corrected chi connectivity index (χ3v) is 3.41. The summed E-state index contributed by atoms with van der Waals surface area (Å²) in [5.74, 6) is 0.109. The molecule has 4 heteroatoms. The molecule has 0 fully saturated rings. The Morgan fingerprint density at radius 2 is 2.38 bits per heavy atom. The summed E-state index contributed by atoms with van der Waals surface area (Å²) < 4.78 is 0. The smallest absolute Gasteiger partial charge is 0.222 e. The molecule has 1 N–H and O–H groups in total. The van der Waals surface area contributed by atoms with Crippen molar-refractivity contribution in [2.75, 3.05) is 13.6 Å². The molecule has 0 spiro atoms. The molecule has 0 aliphatic heterocycles. The highest BCUT2D eigenvalue weighted by Gasteiger charge is 2.09. The molecule has 0 saturated heterocycles. The van der Waals surface area contributed by atoms with Crippen molar-refractivity contribution in [3.8, 4) is 0 Å². The third-order valence-electron chi connectivity index (χ3n) is 2.48. The number of carbonyl (C=O) groups is 1. The Kier molecular flexibility index (Phi) is 5.49. The first-order valence-corrected chi connectivity index (χ1v) is 6.42. The van der Waals surface area contributed by atoms with Gasteiger partial charge in [-0.2, -0.15) is 0 Å². The van der Waals surface area contributed by atoms with E-state index in [9.17, 15) is 4.79 Å². The predicted octanol–water partition coefficient (Wildman–Crippen LogP) is 1.91. The zero-order valence-electron chi connectivity index (χ0n) is 9.85. The molecule has 0 bridgehead atoms. The van der Waals surface area contributed by atoms with E-state index in [-0.39, 0.29) is 5.91 Å². The molecule has 0 saturated carbocycles. The lowest BCUT2D eigenvalue weighted by Gasteiger charge is -2.17. The van der Waals surface area contributed by atoms with Gasteiger partial charge in [-0.3, -0.25) is 4.79 Å². The number of rotatable bonds is 6. The molecule has 0 aliphatic rings. The van der Waals surface area contributed by atoms with Gasteiger partial charge in [0.2, 0.25) is 5.91 Å². The van der Waals surface area contributed by atoms with Gasteiger partial charge in [-0.15, -0.1) is 11.3 Å². The first-order valence-electron chi connectivity index (χ1n) is 5.54. The van der Waals surface area contributed by atoms with Crippen LogP contribution < -0.4 is 0 Å². The number of nitrogens with zero attached hydrogens (tertiary/aromatic N) is 1.